The Morgan fingerprint density at radius 1 is 1.43 bits per heavy atom. The summed E-state index contributed by atoms with van der Waals surface area (Å²) in [6.45, 7) is 6.62. The number of nitrogens with two attached hydrogens (primary N) is 1. The molecule has 0 bridgehead atoms. The van der Waals surface area contributed by atoms with Crippen molar-refractivity contribution in [2.24, 2.45) is 5.73 Å². The van der Waals surface area contributed by atoms with E-state index in [1.54, 1.807) is 0 Å². The Morgan fingerprint density at radius 2 is 1.79 bits per heavy atom. The van der Waals surface area contributed by atoms with Crippen molar-refractivity contribution in [3.63, 3.8) is 0 Å². The molecule has 2 N–H and O–H groups in total. The van der Waals surface area contributed by atoms with E-state index < -0.39 is 5.91 Å². The van der Waals surface area contributed by atoms with E-state index in [-0.39, 0.29) is 12.4 Å². The molecule has 0 unspecified atom stereocenters. The summed E-state index contributed by atoms with van der Waals surface area (Å²) in [5, 5.41) is 0. The van der Waals surface area contributed by atoms with E-state index in [4.69, 9.17) is 0 Å². The number of hydrogen-bond donors (Lipinski definition) is 1. The summed E-state index contributed by atoms with van der Waals surface area (Å²) in [5.41, 5.74) is 4.53. The minimum Gasteiger partial charge on any atom is -1.00 e. The molecule has 0 radical (unpaired) electrons. The van der Waals surface area contributed by atoms with Crippen LogP contribution in [0.15, 0.2) is 12.7 Å². The van der Waals surface area contributed by atoms with Gasteiger partial charge in [0.1, 0.15) is 0 Å². The number of carbonyl (C=O) groups excluding carboxylic acids is 1. The molecule has 4 heteroatoms. The summed E-state index contributed by atoms with van der Waals surface area (Å²) in [4.78, 5) is 9.47. The molecule has 0 fully saturated rings. The number of nitrogens with zero attached hydrogens (tertiary/aromatic N) is 1. The van der Waals surface area contributed by atoms with Gasteiger partial charge in [-0.05, 0) is 12.5 Å². The first kappa shape index (κ1) is 19.1. The van der Waals surface area contributed by atoms with Crippen molar-refractivity contribution in [1.29, 1.82) is 0 Å². The second kappa shape index (κ2) is 10.5. The lowest BCUT2D eigenvalue weighted by Gasteiger charge is -2.23. The van der Waals surface area contributed by atoms with Gasteiger partial charge in [-0.3, -0.25) is 4.79 Å². The van der Waals surface area contributed by atoms with Crippen LogP contribution < -0.4 is 18.1 Å². The van der Waals surface area contributed by atoms with Gasteiger partial charge in [-0.1, -0.05) is 19.9 Å². The van der Waals surface area contributed by atoms with Crippen LogP contribution in [0.5, 0.6) is 0 Å². The largest absolute Gasteiger partial charge is 1.00 e. The molecule has 14 heavy (non-hydrogen) atoms. The highest BCUT2D eigenvalue weighted by Gasteiger charge is 2.02. The number of unbranched alkanes of at least 4 members (excludes halogenated alkanes) is 1. The van der Waals surface area contributed by atoms with Gasteiger partial charge in [-0.15, -0.1) is 0 Å². The van der Waals surface area contributed by atoms with E-state index in [1.807, 2.05) is 0 Å². The molecule has 3 nitrogen and oxygen atoms in total. The van der Waals surface area contributed by atoms with Gasteiger partial charge in [0.15, 0.2) is 0 Å². The van der Waals surface area contributed by atoms with Crippen LogP contribution in [0.25, 0.3) is 0 Å². The van der Waals surface area contributed by atoms with Crippen LogP contribution in [0.2, 0.25) is 0 Å². The minimum atomic E-state index is -0.481. The SMILES string of the molecule is C=CC(N)=O.CCCC[N+](C)(C)C.[Cl-]. The fourth-order valence-electron chi connectivity index (χ4n) is 0.632. The van der Waals surface area contributed by atoms with E-state index in [0.717, 1.165) is 10.6 Å². The van der Waals surface area contributed by atoms with Gasteiger partial charge in [-0.2, -0.15) is 0 Å². The number of quaternary nitrogens is 1. The first-order chi connectivity index (χ1) is 5.83. The van der Waals surface area contributed by atoms with Crippen molar-refractivity contribution in [1.82, 2.24) is 0 Å². The predicted octanol–water partition coefficient (Wildman–Crippen LogP) is -1.85. The molecule has 0 aromatic rings. The van der Waals surface area contributed by atoms with Crippen molar-refractivity contribution >= 4 is 5.91 Å². The predicted molar refractivity (Wildman–Crippen MR) is 57.2 cm³/mol. The van der Waals surface area contributed by atoms with Gasteiger partial charge < -0.3 is 22.6 Å². The third kappa shape index (κ3) is 30.0. The van der Waals surface area contributed by atoms with Gasteiger partial charge in [0.05, 0.1) is 27.7 Å². The molecular weight excluding hydrogens is 200 g/mol. The van der Waals surface area contributed by atoms with Gasteiger partial charge in [-0.25, -0.2) is 0 Å². The highest BCUT2D eigenvalue weighted by Crippen LogP contribution is 1.95. The van der Waals surface area contributed by atoms with Crippen LogP contribution in [-0.4, -0.2) is 38.1 Å². The number of halogens is 1. The van der Waals surface area contributed by atoms with Crippen LogP contribution in [-0.2, 0) is 4.79 Å². The fourth-order valence-corrected chi connectivity index (χ4v) is 0.632. The molecule has 0 aliphatic heterocycles. The number of rotatable bonds is 4. The molecule has 0 saturated heterocycles. The van der Waals surface area contributed by atoms with Gasteiger partial charge in [0.25, 0.3) is 0 Å². The minimum absolute atomic E-state index is 0. The maximum atomic E-state index is 9.47. The summed E-state index contributed by atoms with van der Waals surface area (Å²) in [6, 6.07) is 0. The van der Waals surface area contributed by atoms with Crippen molar-refractivity contribution in [3.05, 3.63) is 12.7 Å². The molecule has 0 spiro atoms. The molecule has 0 aliphatic rings. The Hall–Kier alpha value is -0.540. The Bertz CT molecular complexity index is 153. The van der Waals surface area contributed by atoms with Crippen molar-refractivity contribution in [3.8, 4) is 0 Å². The summed E-state index contributed by atoms with van der Waals surface area (Å²) in [6.07, 6.45) is 3.72. The summed E-state index contributed by atoms with van der Waals surface area (Å²) in [7, 11) is 6.70. The second-order valence-electron chi connectivity index (χ2n) is 3.97. The topological polar surface area (TPSA) is 43.1 Å². The van der Waals surface area contributed by atoms with Crippen molar-refractivity contribution in [2.45, 2.75) is 19.8 Å². The average molecular weight is 223 g/mol. The van der Waals surface area contributed by atoms with Gasteiger partial charge in [0.2, 0.25) is 5.91 Å². The second-order valence-corrected chi connectivity index (χ2v) is 3.97. The zero-order chi connectivity index (χ0) is 10.9. The normalized spacial score (nSPS) is 9.14. The quantitative estimate of drug-likeness (QED) is 0.441. The zero-order valence-electron chi connectivity index (χ0n) is 9.72. The molecule has 0 saturated carbocycles. The molecule has 0 aliphatic carbocycles. The number of carbonyl (C=O) groups is 1. The Morgan fingerprint density at radius 3 is 1.86 bits per heavy atom. The van der Waals surface area contributed by atoms with Gasteiger partial charge in [0, 0.05) is 0 Å². The first-order valence-corrected chi connectivity index (χ1v) is 4.55. The van der Waals surface area contributed by atoms with Crippen molar-refractivity contribution < 1.29 is 21.7 Å². The molecule has 0 aromatic carbocycles. The zero-order valence-corrected chi connectivity index (χ0v) is 10.5. The highest BCUT2D eigenvalue weighted by atomic mass is 35.5. The van der Waals surface area contributed by atoms with Crippen LogP contribution in [0.1, 0.15) is 19.8 Å². The number of primary amides is 1. The molecule has 0 aromatic heterocycles. The third-order valence-corrected chi connectivity index (χ3v) is 1.38. The summed E-state index contributed by atoms with van der Waals surface area (Å²) in [5.74, 6) is -0.481. The Balaban J connectivity index is -0.000000177. The van der Waals surface area contributed by atoms with E-state index in [2.05, 4.69) is 40.4 Å². The fraction of sp³-hybridized carbons (Fsp3) is 0.700. The Kier molecular flexibility index (Phi) is 14.4. The molecule has 1 amide bonds. The van der Waals surface area contributed by atoms with E-state index in [9.17, 15) is 4.79 Å². The highest BCUT2D eigenvalue weighted by molar-refractivity contribution is 5.84. The third-order valence-electron chi connectivity index (χ3n) is 1.38. The van der Waals surface area contributed by atoms with Crippen LogP contribution in [0, 0.1) is 0 Å². The summed E-state index contributed by atoms with van der Waals surface area (Å²) < 4.78 is 1.10. The van der Waals surface area contributed by atoms with E-state index in [1.165, 1.54) is 19.4 Å². The van der Waals surface area contributed by atoms with Crippen molar-refractivity contribution in [2.75, 3.05) is 27.7 Å². The standard InChI is InChI=1S/C7H18N.C3H5NO.ClH/c1-5-6-7-8(2,3)4;1-2-3(4)5;/h5-7H2,1-4H3;2H,1H2,(H2,4,5);1H/q+1;;/p-1. The van der Waals surface area contributed by atoms with Gasteiger partial charge >= 0.3 is 0 Å². The van der Waals surface area contributed by atoms with Crippen LogP contribution in [0.4, 0.5) is 0 Å². The van der Waals surface area contributed by atoms with E-state index >= 15 is 0 Å². The number of hydrogen-bond acceptors (Lipinski definition) is 1. The summed E-state index contributed by atoms with van der Waals surface area (Å²) >= 11 is 0. The molecule has 0 atom stereocenters. The maximum absolute atomic E-state index is 9.47. The van der Waals surface area contributed by atoms with E-state index in [0.29, 0.717) is 0 Å². The number of amides is 1. The lowest BCUT2D eigenvalue weighted by molar-refractivity contribution is -0.870. The molecular formula is C10H23ClN2O. The maximum Gasteiger partial charge on any atom is 0.240 e. The Labute approximate surface area is 94.0 Å². The molecule has 0 heterocycles. The molecule has 0 rings (SSSR count). The molecule has 86 valence electrons. The lowest BCUT2D eigenvalue weighted by atomic mass is 10.3. The smallest absolute Gasteiger partial charge is 0.240 e. The van der Waals surface area contributed by atoms with Crippen LogP contribution in [0.3, 0.4) is 0 Å². The lowest BCUT2D eigenvalue weighted by Crippen LogP contribution is -3.00. The first-order valence-electron chi connectivity index (χ1n) is 4.55. The average Bonchev–Trinajstić information content (AvgIpc) is 2.00. The monoisotopic (exact) mass is 222 g/mol. The van der Waals surface area contributed by atoms with Crippen LogP contribution >= 0.6 is 0 Å².